The predicted octanol–water partition coefficient (Wildman–Crippen LogP) is 3.65. The molecule has 0 unspecified atom stereocenters. The topological polar surface area (TPSA) is 64.6 Å². The molecule has 26 heavy (non-hydrogen) atoms. The van der Waals surface area contributed by atoms with Crippen molar-refractivity contribution < 1.29 is 36.6 Å². The molecule has 5 nitrogen and oxygen atoms in total. The molecule has 2 aromatic rings. The van der Waals surface area contributed by atoms with E-state index in [1.165, 1.54) is 19.2 Å². The lowest BCUT2D eigenvalue weighted by atomic mass is 10.2. The van der Waals surface area contributed by atoms with E-state index < -0.39 is 41.6 Å². The minimum absolute atomic E-state index is 0.114. The molecule has 0 bridgehead atoms. The molecule has 0 aromatic heterocycles. The molecule has 0 saturated carbocycles. The summed E-state index contributed by atoms with van der Waals surface area (Å²) in [5.74, 6) is -2.66. The van der Waals surface area contributed by atoms with Gasteiger partial charge in [-0.25, -0.2) is 9.18 Å². The number of rotatable bonds is 5. The third kappa shape index (κ3) is 4.95. The Balaban J connectivity index is 1.96. The second-order valence-electron chi connectivity index (χ2n) is 5.05. The zero-order valence-corrected chi connectivity index (χ0v) is 13.4. The van der Waals surface area contributed by atoms with Crippen molar-refractivity contribution in [1.29, 1.82) is 0 Å². The smallest absolute Gasteiger partial charge is 0.416 e. The highest BCUT2D eigenvalue weighted by molar-refractivity contribution is 5.95. The Morgan fingerprint density at radius 1 is 1.12 bits per heavy atom. The van der Waals surface area contributed by atoms with Crippen LogP contribution in [0, 0.1) is 5.82 Å². The molecule has 1 N–H and O–H groups in total. The average molecular weight is 371 g/mol. The van der Waals surface area contributed by atoms with Crippen molar-refractivity contribution in [3.05, 3.63) is 59.4 Å². The SMILES string of the molecule is COc1ccc(C(=O)OCC(=O)Nc2cccc(C(F)(F)F)c2)c(F)c1. The summed E-state index contributed by atoms with van der Waals surface area (Å²) in [6, 6.07) is 7.39. The van der Waals surface area contributed by atoms with Crippen LogP contribution in [-0.4, -0.2) is 25.6 Å². The first kappa shape index (κ1) is 19.2. The molecule has 1 amide bonds. The molecule has 0 fully saturated rings. The van der Waals surface area contributed by atoms with Crippen LogP contribution in [-0.2, 0) is 15.7 Å². The van der Waals surface area contributed by atoms with Crippen molar-refractivity contribution in [2.45, 2.75) is 6.18 Å². The predicted molar refractivity (Wildman–Crippen MR) is 83.3 cm³/mol. The molecule has 138 valence electrons. The Morgan fingerprint density at radius 3 is 2.46 bits per heavy atom. The first-order chi connectivity index (χ1) is 12.2. The summed E-state index contributed by atoms with van der Waals surface area (Å²) in [5, 5.41) is 2.16. The highest BCUT2D eigenvalue weighted by atomic mass is 19.4. The molecule has 2 rings (SSSR count). The first-order valence-electron chi connectivity index (χ1n) is 7.18. The van der Waals surface area contributed by atoms with Crippen molar-refractivity contribution in [3.63, 3.8) is 0 Å². The number of anilines is 1. The van der Waals surface area contributed by atoms with E-state index in [0.29, 0.717) is 0 Å². The Bertz CT molecular complexity index is 821. The third-order valence-electron chi connectivity index (χ3n) is 3.20. The van der Waals surface area contributed by atoms with E-state index in [-0.39, 0.29) is 11.4 Å². The molecule has 0 aliphatic heterocycles. The van der Waals surface area contributed by atoms with E-state index in [4.69, 9.17) is 4.74 Å². The van der Waals surface area contributed by atoms with Crippen molar-refractivity contribution in [2.75, 3.05) is 19.0 Å². The minimum Gasteiger partial charge on any atom is -0.497 e. The summed E-state index contributed by atoms with van der Waals surface area (Å²) in [5.41, 5.74) is -1.46. The average Bonchev–Trinajstić information content (AvgIpc) is 2.59. The molecule has 9 heteroatoms. The summed E-state index contributed by atoms with van der Waals surface area (Å²) < 4.78 is 61.0. The van der Waals surface area contributed by atoms with Crippen molar-refractivity contribution in [3.8, 4) is 5.75 Å². The van der Waals surface area contributed by atoms with E-state index >= 15 is 0 Å². The number of halogens is 4. The zero-order valence-electron chi connectivity index (χ0n) is 13.4. The standard InChI is InChI=1S/C17H13F4NO4/c1-25-12-5-6-13(14(18)8-12)16(24)26-9-15(23)22-11-4-2-3-10(7-11)17(19,20)21/h2-8H,9H2,1H3,(H,22,23). The fraction of sp³-hybridized carbons (Fsp3) is 0.176. The van der Waals surface area contributed by atoms with Crippen LogP contribution in [0.2, 0.25) is 0 Å². The van der Waals surface area contributed by atoms with Crippen LogP contribution in [0.25, 0.3) is 0 Å². The maximum absolute atomic E-state index is 13.7. The van der Waals surface area contributed by atoms with Gasteiger partial charge in [0.1, 0.15) is 11.6 Å². The van der Waals surface area contributed by atoms with Crippen molar-refractivity contribution in [1.82, 2.24) is 0 Å². The van der Waals surface area contributed by atoms with Crippen LogP contribution in [0.4, 0.5) is 23.2 Å². The minimum atomic E-state index is -4.56. The number of hydrogen-bond acceptors (Lipinski definition) is 4. The van der Waals surface area contributed by atoms with Crippen molar-refractivity contribution in [2.24, 2.45) is 0 Å². The van der Waals surface area contributed by atoms with E-state index in [2.05, 4.69) is 10.1 Å². The van der Waals surface area contributed by atoms with Gasteiger partial charge in [0.15, 0.2) is 6.61 Å². The lowest BCUT2D eigenvalue weighted by molar-refractivity contribution is -0.137. The van der Waals surface area contributed by atoms with Gasteiger partial charge < -0.3 is 14.8 Å². The Kier molecular flexibility index (Phi) is 5.81. The van der Waals surface area contributed by atoms with E-state index in [0.717, 1.165) is 30.3 Å². The fourth-order valence-electron chi connectivity index (χ4n) is 1.97. The number of ether oxygens (including phenoxy) is 2. The normalized spacial score (nSPS) is 11.0. The Hall–Kier alpha value is -3.10. The van der Waals surface area contributed by atoms with Gasteiger partial charge in [-0.15, -0.1) is 0 Å². The summed E-state index contributed by atoms with van der Waals surface area (Å²) in [7, 11) is 1.32. The van der Waals surface area contributed by atoms with Gasteiger partial charge >= 0.3 is 12.1 Å². The van der Waals surface area contributed by atoms with Gasteiger partial charge in [-0.1, -0.05) is 6.07 Å². The number of alkyl halides is 3. The molecular formula is C17H13F4NO4. The number of benzene rings is 2. The molecule has 0 aliphatic carbocycles. The van der Waals surface area contributed by atoms with Gasteiger partial charge in [-0.05, 0) is 30.3 Å². The maximum Gasteiger partial charge on any atom is 0.416 e. The van der Waals surface area contributed by atoms with Crippen LogP contribution in [0.3, 0.4) is 0 Å². The molecule has 2 aromatic carbocycles. The summed E-state index contributed by atoms with van der Waals surface area (Å²) >= 11 is 0. The van der Waals surface area contributed by atoms with E-state index in [9.17, 15) is 27.2 Å². The Morgan fingerprint density at radius 2 is 1.85 bits per heavy atom. The summed E-state index contributed by atoms with van der Waals surface area (Å²) in [6.07, 6.45) is -4.56. The quantitative estimate of drug-likeness (QED) is 0.644. The van der Waals surface area contributed by atoms with Crippen molar-refractivity contribution >= 4 is 17.6 Å². The second kappa shape index (κ2) is 7.85. The number of carbonyl (C=O) groups excluding carboxylic acids is 2. The van der Waals surface area contributed by atoms with E-state index in [1.807, 2.05) is 0 Å². The molecule has 0 spiro atoms. The van der Waals surface area contributed by atoms with Gasteiger partial charge in [-0.2, -0.15) is 13.2 Å². The summed E-state index contributed by atoms with van der Waals surface area (Å²) in [4.78, 5) is 23.5. The second-order valence-corrected chi connectivity index (χ2v) is 5.05. The van der Waals surface area contributed by atoms with E-state index in [1.54, 1.807) is 0 Å². The van der Waals surface area contributed by atoms with Gasteiger partial charge in [-0.3, -0.25) is 4.79 Å². The molecule has 0 atom stereocenters. The summed E-state index contributed by atoms with van der Waals surface area (Å²) in [6.45, 7) is -0.791. The lowest BCUT2D eigenvalue weighted by Gasteiger charge is -2.10. The third-order valence-corrected chi connectivity index (χ3v) is 3.20. The van der Waals surface area contributed by atoms with Crippen LogP contribution in [0.5, 0.6) is 5.75 Å². The van der Waals surface area contributed by atoms with Gasteiger partial charge in [0.2, 0.25) is 0 Å². The molecule has 0 radical (unpaired) electrons. The van der Waals surface area contributed by atoms with Gasteiger partial charge in [0.25, 0.3) is 5.91 Å². The number of esters is 1. The van der Waals surface area contributed by atoms with Crippen LogP contribution >= 0.6 is 0 Å². The van der Waals surface area contributed by atoms with Gasteiger partial charge in [0, 0.05) is 11.8 Å². The highest BCUT2D eigenvalue weighted by Crippen LogP contribution is 2.30. The monoisotopic (exact) mass is 371 g/mol. The van der Waals surface area contributed by atoms with Crippen LogP contribution < -0.4 is 10.1 Å². The van der Waals surface area contributed by atoms with Crippen LogP contribution in [0.1, 0.15) is 15.9 Å². The Labute approximate surface area is 145 Å². The molecule has 0 heterocycles. The number of amides is 1. The van der Waals surface area contributed by atoms with Crippen LogP contribution in [0.15, 0.2) is 42.5 Å². The number of hydrogen-bond donors (Lipinski definition) is 1. The number of methoxy groups -OCH3 is 1. The lowest BCUT2D eigenvalue weighted by Crippen LogP contribution is -2.21. The molecular weight excluding hydrogens is 358 g/mol. The largest absolute Gasteiger partial charge is 0.497 e. The number of carbonyl (C=O) groups is 2. The molecule has 0 aliphatic rings. The maximum atomic E-state index is 13.7. The highest BCUT2D eigenvalue weighted by Gasteiger charge is 2.30. The van der Waals surface area contributed by atoms with Gasteiger partial charge in [0.05, 0.1) is 18.2 Å². The molecule has 0 saturated heterocycles. The first-order valence-corrected chi connectivity index (χ1v) is 7.18. The zero-order chi connectivity index (χ0) is 19.3. The number of nitrogens with one attached hydrogen (secondary N) is 1. The fourth-order valence-corrected chi connectivity index (χ4v) is 1.97.